The molecule has 0 spiro atoms. The molecule has 140 valence electrons. The molecule has 26 heavy (non-hydrogen) atoms. The van der Waals surface area contributed by atoms with Crippen molar-refractivity contribution < 1.29 is 9.53 Å². The summed E-state index contributed by atoms with van der Waals surface area (Å²) in [4.78, 5) is 14.6. The quantitative estimate of drug-likeness (QED) is 0.840. The topological polar surface area (TPSA) is 53.6 Å². The van der Waals surface area contributed by atoms with E-state index in [1.807, 2.05) is 55.5 Å². The van der Waals surface area contributed by atoms with Crippen LogP contribution >= 0.6 is 12.4 Å². The van der Waals surface area contributed by atoms with Crippen molar-refractivity contribution in [2.24, 2.45) is 0 Å². The second kappa shape index (κ2) is 9.57. The molecule has 2 aromatic carbocycles. The molecule has 0 unspecified atom stereocenters. The number of nitrogens with zero attached hydrogens (tertiary/aromatic N) is 1. The van der Waals surface area contributed by atoms with Crippen molar-refractivity contribution in [2.45, 2.75) is 19.9 Å². The van der Waals surface area contributed by atoms with Gasteiger partial charge in [0.2, 0.25) is 5.91 Å². The minimum absolute atomic E-state index is 0. The van der Waals surface area contributed by atoms with Crippen LogP contribution in [0.15, 0.2) is 48.5 Å². The highest BCUT2D eigenvalue weighted by atomic mass is 35.5. The fourth-order valence-electron chi connectivity index (χ4n) is 2.88. The molecule has 1 aliphatic rings. The first kappa shape index (κ1) is 20.2. The van der Waals surface area contributed by atoms with Gasteiger partial charge in [-0.1, -0.05) is 29.8 Å². The van der Waals surface area contributed by atoms with E-state index in [1.165, 1.54) is 5.56 Å². The van der Waals surface area contributed by atoms with Crippen molar-refractivity contribution in [1.82, 2.24) is 10.2 Å². The number of para-hydroxylation sites is 2. The maximum atomic E-state index is 12.4. The second-order valence-corrected chi connectivity index (χ2v) is 6.48. The molecule has 1 heterocycles. The molecule has 1 amide bonds. The minimum atomic E-state index is -0.0197. The van der Waals surface area contributed by atoms with Gasteiger partial charge in [-0.15, -0.1) is 12.4 Å². The molecule has 0 radical (unpaired) electrons. The minimum Gasteiger partial charge on any atom is -0.455 e. The molecular formula is C20H26ClN3O2. The lowest BCUT2D eigenvalue weighted by Crippen LogP contribution is -2.51. The first-order chi connectivity index (χ1) is 12.1. The van der Waals surface area contributed by atoms with Crippen LogP contribution in [0.25, 0.3) is 0 Å². The normalized spacial score (nSPS) is 17.2. The molecule has 0 saturated carbocycles. The van der Waals surface area contributed by atoms with Crippen LogP contribution < -0.4 is 15.4 Å². The second-order valence-electron chi connectivity index (χ2n) is 6.48. The monoisotopic (exact) mass is 375 g/mol. The first-order valence-corrected chi connectivity index (χ1v) is 8.70. The summed E-state index contributed by atoms with van der Waals surface area (Å²) in [7, 11) is 0. The average Bonchev–Trinajstić information content (AvgIpc) is 2.61. The van der Waals surface area contributed by atoms with Crippen molar-refractivity contribution in [1.29, 1.82) is 0 Å². The van der Waals surface area contributed by atoms with Crippen molar-refractivity contribution in [3.63, 3.8) is 0 Å². The molecule has 0 bridgehead atoms. The Bertz CT molecular complexity index is 721. The largest absolute Gasteiger partial charge is 0.455 e. The fraction of sp³-hybridized carbons (Fsp3) is 0.350. The molecule has 0 aliphatic carbocycles. The van der Waals surface area contributed by atoms with Crippen LogP contribution in [0, 0.1) is 6.92 Å². The smallest absolute Gasteiger partial charge is 0.238 e. The number of piperazine rings is 1. The molecule has 5 nitrogen and oxygen atoms in total. The van der Waals surface area contributed by atoms with E-state index in [2.05, 4.69) is 22.5 Å². The van der Waals surface area contributed by atoms with Crippen LogP contribution in [0.3, 0.4) is 0 Å². The first-order valence-electron chi connectivity index (χ1n) is 8.70. The molecule has 1 fully saturated rings. The summed E-state index contributed by atoms with van der Waals surface area (Å²) in [5.74, 6) is 1.38. The lowest BCUT2D eigenvalue weighted by molar-refractivity contribution is -0.118. The van der Waals surface area contributed by atoms with Gasteiger partial charge >= 0.3 is 0 Å². The third-order valence-electron chi connectivity index (χ3n) is 4.40. The van der Waals surface area contributed by atoms with Crippen LogP contribution in [0.2, 0.25) is 0 Å². The number of nitrogens with one attached hydrogen (secondary N) is 2. The maximum Gasteiger partial charge on any atom is 0.238 e. The Morgan fingerprint density at radius 3 is 2.69 bits per heavy atom. The summed E-state index contributed by atoms with van der Waals surface area (Å²) in [6, 6.07) is 15.7. The molecule has 6 heteroatoms. The van der Waals surface area contributed by atoms with Crippen LogP contribution in [-0.2, 0) is 4.79 Å². The summed E-state index contributed by atoms with van der Waals surface area (Å²) in [6.07, 6.45) is 0. The predicted octanol–water partition coefficient (Wildman–Crippen LogP) is 3.44. The summed E-state index contributed by atoms with van der Waals surface area (Å²) in [6.45, 7) is 7.28. The van der Waals surface area contributed by atoms with E-state index in [4.69, 9.17) is 4.74 Å². The van der Waals surface area contributed by atoms with Crippen molar-refractivity contribution in [3.05, 3.63) is 54.1 Å². The fourth-order valence-corrected chi connectivity index (χ4v) is 2.88. The summed E-state index contributed by atoms with van der Waals surface area (Å²) >= 11 is 0. The predicted molar refractivity (Wildman–Crippen MR) is 107 cm³/mol. The zero-order chi connectivity index (χ0) is 17.6. The SMILES string of the molecule is Cc1ccc(Oc2ccccc2NC(=O)CN2CCNC[C@H]2C)cc1.Cl. The van der Waals surface area contributed by atoms with E-state index < -0.39 is 0 Å². The van der Waals surface area contributed by atoms with E-state index in [1.54, 1.807) is 0 Å². The summed E-state index contributed by atoms with van der Waals surface area (Å²) in [5, 5.41) is 6.32. The van der Waals surface area contributed by atoms with Crippen molar-refractivity contribution >= 4 is 24.0 Å². The summed E-state index contributed by atoms with van der Waals surface area (Å²) < 4.78 is 5.94. The van der Waals surface area contributed by atoms with Gasteiger partial charge in [0, 0.05) is 25.7 Å². The number of carbonyl (C=O) groups is 1. The maximum absolute atomic E-state index is 12.4. The third kappa shape index (κ3) is 5.46. The molecule has 2 N–H and O–H groups in total. The number of carbonyl (C=O) groups excluding carboxylic acids is 1. The van der Waals surface area contributed by atoms with Crippen molar-refractivity contribution in [2.75, 3.05) is 31.5 Å². The number of ether oxygens (including phenoxy) is 1. The molecule has 1 saturated heterocycles. The standard InChI is InChI=1S/C20H25N3O2.ClH/c1-15-7-9-17(10-8-15)25-19-6-4-3-5-18(19)22-20(24)14-23-12-11-21-13-16(23)2;/h3-10,16,21H,11-14H2,1-2H3,(H,22,24);1H/t16-;/m1./s1. The number of amides is 1. The lowest BCUT2D eigenvalue weighted by atomic mass is 10.2. The zero-order valence-corrected chi connectivity index (χ0v) is 16.0. The van der Waals surface area contributed by atoms with E-state index >= 15 is 0 Å². The van der Waals surface area contributed by atoms with Gasteiger partial charge in [-0.2, -0.15) is 0 Å². The number of benzene rings is 2. The van der Waals surface area contributed by atoms with Gasteiger partial charge < -0.3 is 15.4 Å². The van der Waals surface area contributed by atoms with Gasteiger partial charge in [-0.05, 0) is 38.1 Å². The number of hydrogen-bond acceptors (Lipinski definition) is 4. The Morgan fingerprint density at radius 1 is 1.23 bits per heavy atom. The molecule has 1 aliphatic heterocycles. The highest BCUT2D eigenvalue weighted by Gasteiger charge is 2.20. The Morgan fingerprint density at radius 2 is 1.96 bits per heavy atom. The van der Waals surface area contributed by atoms with Crippen LogP contribution in [-0.4, -0.2) is 43.0 Å². The number of hydrogen-bond donors (Lipinski definition) is 2. The van der Waals surface area contributed by atoms with Crippen LogP contribution in [0.4, 0.5) is 5.69 Å². The number of halogens is 1. The van der Waals surface area contributed by atoms with Gasteiger partial charge in [-0.25, -0.2) is 0 Å². The molecule has 0 aromatic heterocycles. The Kier molecular flexibility index (Phi) is 7.45. The third-order valence-corrected chi connectivity index (χ3v) is 4.40. The van der Waals surface area contributed by atoms with Gasteiger partial charge in [0.25, 0.3) is 0 Å². The molecule has 1 atom stereocenters. The van der Waals surface area contributed by atoms with Crippen LogP contribution in [0.1, 0.15) is 12.5 Å². The van der Waals surface area contributed by atoms with E-state index in [0.717, 1.165) is 25.4 Å². The van der Waals surface area contributed by atoms with Gasteiger partial charge in [0.05, 0.1) is 12.2 Å². The lowest BCUT2D eigenvalue weighted by Gasteiger charge is -2.33. The van der Waals surface area contributed by atoms with Gasteiger partial charge in [0.15, 0.2) is 5.75 Å². The Hall–Kier alpha value is -2.08. The van der Waals surface area contributed by atoms with Gasteiger partial charge in [0.1, 0.15) is 5.75 Å². The number of anilines is 1. The van der Waals surface area contributed by atoms with E-state index in [-0.39, 0.29) is 18.3 Å². The van der Waals surface area contributed by atoms with Gasteiger partial charge in [-0.3, -0.25) is 9.69 Å². The van der Waals surface area contributed by atoms with E-state index in [0.29, 0.717) is 24.0 Å². The Balaban J connectivity index is 0.00000243. The number of rotatable bonds is 5. The molecule has 3 rings (SSSR count). The van der Waals surface area contributed by atoms with Crippen LogP contribution in [0.5, 0.6) is 11.5 Å². The highest BCUT2D eigenvalue weighted by molar-refractivity contribution is 5.93. The zero-order valence-electron chi connectivity index (χ0n) is 15.2. The van der Waals surface area contributed by atoms with E-state index in [9.17, 15) is 4.79 Å². The Labute approximate surface area is 161 Å². The molecular weight excluding hydrogens is 350 g/mol. The molecule has 2 aromatic rings. The van der Waals surface area contributed by atoms with Crippen molar-refractivity contribution in [3.8, 4) is 11.5 Å². The average molecular weight is 376 g/mol. The highest BCUT2D eigenvalue weighted by Crippen LogP contribution is 2.29. The summed E-state index contributed by atoms with van der Waals surface area (Å²) in [5.41, 5.74) is 1.87. The number of aryl methyl sites for hydroxylation is 1.